The van der Waals surface area contributed by atoms with Crippen LogP contribution < -0.4 is 14.8 Å². The van der Waals surface area contributed by atoms with Crippen molar-refractivity contribution in [2.24, 2.45) is 0 Å². The second-order valence-electron chi connectivity index (χ2n) is 5.71. The van der Waals surface area contributed by atoms with Crippen LogP contribution in [-0.2, 0) is 4.79 Å². The van der Waals surface area contributed by atoms with E-state index in [-0.39, 0.29) is 12.0 Å². The molecule has 0 saturated carbocycles. The molecule has 0 aliphatic carbocycles. The summed E-state index contributed by atoms with van der Waals surface area (Å²) in [6.07, 6.45) is -0.505. The maximum atomic E-state index is 12.3. The van der Waals surface area contributed by atoms with Crippen molar-refractivity contribution < 1.29 is 14.3 Å². The van der Waals surface area contributed by atoms with Crippen LogP contribution in [0.4, 0.5) is 5.69 Å². The zero-order valence-corrected chi connectivity index (χ0v) is 14.0. The molecule has 0 spiro atoms. The predicted octanol–water partition coefficient (Wildman–Crippen LogP) is 4.19. The van der Waals surface area contributed by atoms with E-state index in [1.807, 2.05) is 63.2 Å². The van der Waals surface area contributed by atoms with Crippen molar-refractivity contribution in [3.05, 3.63) is 54.1 Å². The van der Waals surface area contributed by atoms with Gasteiger partial charge in [0.2, 0.25) is 0 Å². The second-order valence-corrected chi connectivity index (χ2v) is 5.71. The number of rotatable bonds is 6. The van der Waals surface area contributed by atoms with Crippen LogP contribution >= 0.6 is 0 Å². The number of para-hydroxylation sites is 1. The lowest BCUT2D eigenvalue weighted by atomic mass is 10.2. The Kier molecular flexibility index (Phi) is 5.63. The molecule has 1 amide bonds. The first-order valence-electron chi connectivity index (χ1n) is 7.75. The molecular formula is C19H23NO3. The number of ether oxygens (including phenoxy) is 2. The summed E-state index contributed by atoms with van der Waals surface area (Å²) < 4.78 is 11.4. The van der Waals surface area contributed by atoms with E-state index in [1.165, 1.54) is 0 Å². The van der Waals surface area contributed by atoms with Gasteiger partial charge in [-0.15, -0.1) is 0 Å². The van der Waals surface area contributed by atoms with Crippen LogP contribution in [0.2, 0.25) is 0 Å². The molecule has 1 unspecified atom stereocenters. The Morgan fingerprint density at radius 2 is 1.74 bits per heavy atom. The number of anilines is 1. The van der Waals surface area contributed by atoms with Gasteiger partial charge in [0.1, 0.15) is 11.5 Å². The molecule has 0 saturated heterocycles. The Balaban J connectivity index is 1.99. The first kappa shape index (κ1) is 16.9. The third-order valence-electron chi connectivity index (χ3n) is 3.24. The van der Waals surface area contributed by atoms with Gasteiger partial charge in [0.25, 0.3) is 5.91 Å². The third kappa shape index (κ3) is 5.02. The number of aryl methyl sites for hydroxylation is 1. The van der Waals surface area contributed by atoms with Crippen molar-refractivity contribution >= 4 is 11.6 Å². The molecule has 1 atom stereocenters. The smallest absolute Gasteiger partial charge is 0.265 e. The highest BCUT2D eigenvalue weighted by Gasteiger charge is 2.16. The number of carbonyl (C=O) groups excluding carboxylic acids is 1. The van der Waals surface area contributed by atoms with Crippen molar-refractivity contribution in [2.45, 2.75) is 39.9 Å². The van der Waals surface area contributed by atoms with E-state index in [0.29, 0.717) is 11.4 Å². The van der Waals surface area contributed by atoms with Crippen molar-refractivity contribution in [2.75, 3.05) is 5.32 Å². The van der Waals surface area contributed by atoms with E-state index in [4.69, 9.17) is 9.47 Å². The van der Waals surface area contributed by atoms with Gasteiger partial charge in [-0.05, 0) is 51.5 Å². The van der Waals surface area contributed by atoms with Gasteiger partial charge in [-0.1, -0.05) is 24.3 Å². The first-order valence-corrected chi connectivity index (χ1v) is 7.75. The van der Waals surface area contributed by atoms with E-state index in [2.05, 4.69) is 5.32 Å². The number of amides is 1. The maximum Gasteiger partial charge on any atom is 0.265 e. The van der Waals surface area contributed by atoms with Gasteiger partial charge >= 0.3 is 0 Å². The third-order valence-corrected chi connectivity index (χ3v) is 3.24. The molecule has 0 aliphatic rings. The summed E-state index contributed by atoms with van der Waals surface area (Å²) in [5, 5.41) is 2.85. The lowest BCUT2D eigenvalue weighted by molar-refractivity contribution is -0.122. The highest BCUT2D eigenvalue weighted by Crippen LogP contribution is 2.20. The molecule has 0 aliphatic heterocycles. The fourth-order valence-corrected chi connectivity index (χ4v) is 2.10. The van der Waals surface area contributed by atoms with Crippen LogP contribution in [0.25, 0.3) is 0 Å². The largest absolute Gasteiger partial charge is 0.491 e. The summed E-state index contributed by atoms with van der Waals surface area (Å²) in [5.41, 5.74) is 1.69. The Hall–Kier alpha value is -2.49. The Morgan fingerprint density at radius 1 is 1.00 bits per heavy atom. The fourth-order valence-electron chi connectivity index (χ4n) is 2.10. The van der Waals surface area contributed by atoms with Crippen molar-refractivity contribution in [1.82, 2.24) is 0 Å². The zero-order valence-electron chi connectivity index (χ0n) is 14.0. The van der Waals surface area contributed by atoms with Gasteiger partial charge < -0.3 is 14.8 Å². The molecule has 1 N–H and O–H groups in total. The Labute approximate surface area is 137 Å². The molecule has 2 aromatic carbocycles. The number of hydrogen-bond donors (Lipinski definition) is 1. The normalized spacial score (nSPS) is 11.9. The molecule has 122 valence electrons. The minimum absolute atomic E-state index is 0.0873. The molecule has 0 radical (unpaired) electrons. The number of nitrogens with one attached hydrogen (secondary N) is 1. The van der Waals surface area contributed by atoms with E-state index in [1.54, 1.807) is 13.0 Å². The SMILES string of the molecule is Cc1ccccc1OC(C)C(=O)Nc1cccc(OC(C)C)c1. The lowest BCUT2D eigenvalue weighted by Crippen LogP contribution is -2.30. The molecule has 2 rings (SSSR count). The average Bonchev–Trinajstić information content (AvgIpc) is 2.49. The molecule has 0 heterocycles. The summed E-state index contributed by atoms with van der Waals surface area (Å²) in [6, 6.07) is 15.0. The molecular weight excluding hydrogens is 290 g/mol. The van der Waals surface area contributed by atoms with E-state index < -0.39 is 6.10 Å². The number of hydrogen-bond acceptors (Lipinski definition) is 3. The van der Waals surface area contributed by atoms with Crippen molar-refractivity contribution in [1.29, 1.82) is 0 Å². The molecule has 23 heavy (non-hydrogen) atoms. The van der Waals surface area contributed by atoms with Gasteiger partial charge in [-0.3, -0.25) is 4.79 Å². The topological polar surface area (TPSA) is 47.6 Å². The highest BCUT2D eigenvalue weighted by atomic mass is 16.5. The van der Waals surface area contributed by atoms with E-state index in [0.717, 1.165) is 11.3 Å². The minimum Gasteiger partial charge on any atom is -0.491 e. The molecule has 4 heteroatoms. The molecule has 2 aromatic rings. The Morgan fingerprint density at radius 3 is 2.43 bits per heavy atom. The van der Waals surface area contributed by atoms with Crippen LogP contribution in [0, 0.1) is 6.92 Å². The lowest BCUT2D eigenvalue weighted by Gasteiger charge is -2.17. The van der Waals surface area contributed by atoms with Crippen LogP contribution in [0.15, 0.2) is 48.5 Å². The van der Waals surface area contributed by atoms with Crippen molar-refractivity contribution in [3.8, 4) is 11.5 Å². The Bertz CT molecular complexity index is 667. The molecule has 4 nitrogen and oxygen atoms in total. The van der Waals surface area contributed by atoms with Crippen LogP contribution in [-0.4, -0.2) is 18.1 Å². The second kappa shape index (κ2) is 7.68. The summed E-state index contributed by atoms with van der Waals surface area (Å²) in [6.45, 7) is 7.61. The summed E-state index contributed by atoms with van der Waals surface area (Å²) in [7, 11) is 0. The van der Waals surface area contributed by atoms with E-state index >= 15 is 0 Å². The molecule has 0 bridgehead atoms. The fraction of sp³-hybridized carbons (Fsp3) is 0.316. The predicted molar refractivity (Wildman–Crippen MR) is 92.1 cm³/mol. The highest BCUT2D eigenvalue weighted by molar-refractivity contribution is 5.94. The van der Waals surface area contributed by atoms with Gasteiger partial charge in [-0.2, -0.15) is 0 Å². The summed E-state index contributed by atoms with van der Waals surface area (Å²) in [5.74, 6) is 1.24. The van der Waals surface area contributed by atoms with Gasteiger partial charge in [0.15, 0.2) is 6.10 Å². The van der Waals surface area contributed by atoms with Gasteiger partial charge in [0, 0.05) is 11.8 Å². The van der Waals surface area contributed by atoms with Crippen LogP contribution in [0.3, 0.4) is 0 Å². The van der Waals surface area contributed by atoms with Gasteiger partial charge in [-0.25, -0.2) is 0 Å². The van der Waals surface area contributed by atoms with Crippen LogP contribution in [0.5, 0.6) is 11.5 Å². The average molecular weight is 313 g/mol. The zero-order chi connectivity index (χ0) is 16.8. The first-order chi connectivity index (χ1) is 11.0. The van der Waals surface area contributed by atoms with Crippen molar-refractivity contribution in [3.63, 3.8) is 0 Å². The van der Waals surface area contributed by atoms with E-state index in [9.17, 15) is 4.79 Å². The monoisotopic (exact) mass is 313 g/mol. The van der Waals surface area contributed by atoms with Crippen LogP contribution in [0.1, 0.15) is 26.3 Å². The quantitative estimate of drug-likeness (QED) is 0.870. The summed E-state index contributed by atoms with van der Waals surface area (Å²) >= 11 is 0. The molecule has 0 fully saturated rings. The minimum atomic E-state index is -0.592. The molecule has 0 aromatic heterocycles. The van der Waals surface area contributed by atoms with Gasteiger partial charge in [0.05, 0.1) is 6.10 Å². The summed E-state index contributed by atoms with van der Waals surface area (Å²) in [4.78, 5) is 12.3. The number of benzene rings is 2. The maximum absolute atomic E-state index is 12.3. The number of carbonyl (C=O) groups is 1. The standard InChI is InChI=1S/C19H23NO3/c1-13(2)22-17-10-7-9-16(12-17)20-19(21)15(4)23-18-11-6-5-8-14(18)3/h5-13,15H,1-4H3,(H,20,21).